The Morgan fingerprint density at radius 1 is 1.11 bits per heavy atom. The van der Waals surface area contributed by atoms with Gasteiger partial charge in [0.2, 0.25) is 15.9 Å². The molecule has 0 spiro atoms. The van der Waals surface area contributed by atoms with Crippen LogP contribution < -0.4 is 10.0 Å². The summed E-state index contributed by atoms with van der Waals surface area (Å²) in [6.45, 7) is 4.47. The number of piperidine rings is 1. The highest BCUT2D eigenvalue weighted by Gasteiger charge is 2.39. The molecule has 1 saturated carbocycles. The first kappa shape index (κ1) is 23.0. The highest BCUT2D eigenvalue weighted by Crippen LogP contribution is 2.35. The number of likely N-dealkylation sites (tertiary alicyclic amines) is 1. The molecule has 0 aromatic rings. The van der Waals surface area contributed by atoms with Crippen LogP contribution in [0.15, 0.2) is 0 Å². The lowest BCUT2D eigenvalue weighted by Gasteiger charge is -2.48. The Labute approximate surface area is 169 Å². The van der Waals surface area contributed by atoms with E-state index in [1.165, 1.54) is 38.5 Å². The van der Waals surface area contributed by atoms with Crippen molar-refractivity contribution in [2.75, 3.05) is 37.4 Å². The third kappa shape index (κ3) is 6.91. The summed E-state index contributed by atoms with van der Waals surface area (Å²) >= 11 is 1.63. The normalized spacial score (nSPS) is 22.3. The van der Waals surface area contributed by atoms with E-state index in [2.05, 4.69) is 14.9 Å². The fraction of sp³-hybridized carbons (Fsp3) is 0.947. The van der Waals surface area contributed by atoms with Gasteiger partial charge in [-0.15, -0.1) is 0 Å². The number of nitrogens with one attached hydrogen (secondary N) is 2. The zero-order valence-corrected chi connectivity index (χ0v) is 18.6. The molecule has 2 fully saturated rings. The minimum Gasteiger partial charge on any atom is -0.353 e. The molecule has 0 aromatic carbocycles. The zero-order chi connectivity index (χ0) is 19.8. The minimum absolute atomic E-state index is 0.00619. The van der Waals surface area contributed by atoms with Crippen molar-refractivity contribution in [1.82, 2.24) is 14.9 Å². The number of rotatable bonds is 10. The second kappa shape index (κ2) is 11.0. The monoisotopic (exact) mass is 419 g/mol. The van der Waals surface area contributed by atoms with Crippen molar-refractivity contribution in [1.29, 1.82) is 0 Å². The second-order valence-corrected chi connectivity index (χ2v) is 10.9. The Morgan fingerprint density at radius 3 is 2.33 bits per heavy atom. The number of sulfonamides is 1. The standard InChI is InChI=1S/C19H37N3O3S2/c1-3-27(24,25)21-17(10-15-26-2)18(23)20-16-19(11-6-4-7-12-19)22-13-8-5-9-14-22/h17,21H,3-16H2,1-2H3,(H,20,23). The predicted octanol–water partition coefficient (Wildman–Crippen LogP) is 2.35. The fourth-order valence-electron chi connectivity index (χ4n) is 4.34. The largest absolute Gasteiger partial charge is 0.353 e. The highest BCUT2D eigenvalue weighted by atomic mass is 32.2. The van der Waals surface area contributed by atoms with Crippen LogP contribution in [0.3, 0.4) is 0 Å². The van der Waals surface area contributed by atoms with E-state index < -0.39 is 16.1 Å². The van der Waals surface area contributed by atoms with Gasteiger partial charge < -0.3 is 5.32 Å². The van der Waals surface area contributed by atoms with Gasteiger partial charge >= 0.3 is 0 Å². The molecule has 1 aliphatic carbocycles. The number of hydrogen-bond donors (Lipinski definition) is 2. The fourth-order valence-corrected chi connectivity index (χ4v) is 5.63. The van der Waals surface area contributed by atoms with Gasteiger partial charge in [0.05, 0.1) is 5.75 Å². The average molecular weight is 420 g/mol. The highest BCUT2D eigenvalue weighted by molar-refractivity contribution is 7.98. The van der Waals surface area contributed by atoms with Crippen LogP contribution in [0.2, 0.25) is 0 Å². The Balaban J connectivity index is 2.02. The number of thioether (sulfide) groups is 1. The Bertz CT molecular complexity index is 557. The first-order valence-electron chi connectivity index (χ1n) is 10.4. The summed E-state index contributed by atoms with van der Waals surface area (Å²) in [5.74, 6) is 0.568. The second-order valence-electron chi connectivity index (χ2n) is 7.91. The maximum Gasteiger partial charge on any atom is 0.238 e. The number of carbonyl (C=O) groups is 1. The molecule has 0 bridgehead atoms. The summed E-state index contributed by atoms with van der Waals surface area (Å²) in [4.78, 5) is 15.4. The minimum atomic E-state index is -3.40. The lowest BCUT2D eigenvalue weighted by atomic mass is 9.79. The van der Waals surface area contributed by atoms with Crippen LogP contribution in [0.25, 0.3) is 0 Å². The van der Waals surface area contributed by atoms with E-state index in [1.54, 1.807) is 18.7 Å². The summed E-state index contributed by atoms with van der Waals surface area (Å²) < 4.78 is 26.6. The molecule has 6 nitrogen and oxygen atoms in total. The van der Waals surface area contributed by atoms with Gasteiger partial charge in [0, 0.05) is 12.1 Å². The molecule has 27 heavy (non-hydrogen) atoms. The summed E-state index contributed by atoms with van der Waals surface area (Å²) in [5, 5.41) is 3.13. The molecule has 1 unspecified atom stereocenters. The van der Waals surface area contributed by atoms with Crippen molar-refractivity contribution in [3.05, 3.63) is 0 Å². The van der Waals surface area contributed by atoms with E-state index in [0.717, 1.165) is 31.7 Å². The predicted molar refractivity (Wildman–Crippen MR) is 114 cm³/mol. The molecule has 1 heterocycles. The third-order valence-electron chi connectivity index (χ3n) is 6.03. The topological polar surface area (TPSA) is 78.5 Å². The van der Waals surface area contributed by atoms with E-state index >= 15 is 0 Å². The van der Waals surface area contributed by atoms with Crippen molar-refractivity contribution >= 4 is 27.7 Å². The molecule has 0 radical (unpaired) electrons. The first-order valence-corrected chi connectivity index (χ1v) is 13.5. The van der Waals surface area contributed by atoms with Crippen molar-refractivity contribution in [3.8, 4) is 0 Å². The van der Waals surface area contributed by atoms with Crippen molar-refractivity contribution in [2.24, 2.45) is 0 Å². The van der Waals surface area contributed by atoms with E-state index in [1.807, 2.05) is 6.26 Å². The zero-order valence-electron chi connectivity index (χ0n) is 17.0. The molecule has 1 atom stereocenters. The van der Waals surface area contributed by atoms with Crippen LogP contribution in [-0.4, -0.2) is 68.2 Å². The Hall–Kier alpha value is -0.310. The van der Waals surface area contributed by atoms with Crippen LogP contribution in [0.1, 0.15) is 64.7 Å². The van der Waals surface area contributed by atoms with Crippen LogP contribution >= 0.6 is 11.8 Å². The SMILES string of the molecule is CCS(=O)(=O)NC(CCSC)C(=O)NCC1(N2CCCCC2)CCCCC1. The van der Waals surface area contributed by atoms with E-state index in [-0.39, 0.29) is 17.2 Å². The third-order valence-corrected chi connectivity index (χ3v) is 8.08. The van der Waals surface area contributed by atoms with Crippen molar-refractivity contribution in [2.45, 2.75) is 76.3 Å². The van der Waals surface area contributed by atoms with Gasteiger partial charge in [-0.3, -0.25) is 9.69 Å². The number of nitrogens with zero attached hydrogens (tertiary/aromatic N) is 1. The Kier molecular flexibility index (Phi) is 9.38. The van der Waals surface area contributed by atoms with E-state index in [9.17, 15) is 13.2 Å². The Morgan fingerprint density at radius 2 is 1.74 bits per heavy atom. The van der Waals surface area contributed by atoms with Gasteiger partial charge in [0.1, 0.15) is 6.04 Å². The number of amides is 1. The molecule has 0 aromatic heterocycles. The maximum absolute atomic E-state index is 12.8. The molecular formula is C19H37N3O3S2. The summed E-state index contributed by atoms with van der Waals surface area (Å²) in [5.41, 5.74) is 0.0576. The smallest absolute Gasteiger partial charge is 0.238 e. The molecule has 1 amide bonds. The molecule has 158 valence electrons. The van der Waals surface area contributed by atoms with Crippen LogP contribution in [0.5, 0.6) is 0 Å². The van der Waals surface area contributed by atoms with Crippen LogP contribution in [-0.2, 0) is 14.8 Å². The lowest BCUT2D eigenvalue weighted by molar-refractivity contribution is -0.123. The van der Waals surface area contributed by atoms with E-state index in [4.69, 9.17) is 0 Å². The molecule has 2 N–H and O–H groups in total. The van der Waals surface area contributed by atoms with Gasteiger partial charge in [-0.25, -0.2) is 13.1 Å². The molecular weight excluding hydrogens is 382 g/mol. The van der Waals surface area contributed by atoms with Crippen molar-refractivity contribution < 1.29 is 13.2 Å². The van der Waals surface area contributed by atoms with Crippen LogP contribution in [0, 0.1) is 0 Å². The van der Waals surface area contributed by atoms with Gasteiger partial charge in [-0.05, 0) is 64.1 Å². The van der Waals surface area contributed by atoms with Gasteiger partial charge in [0.25, 0.3) is 0 Å². The maximum atomic E-state index is 12.8. The molecule has 1 aliphatic heterocycles. The summed E-state index contributed by atoms with van der Waals surface area (Å²) in [6, 6.07) is -0.676. The van der Waals surface area contributed by atoms with Gasteiger partial charge in [0.15, 0.2) is 0 Å². The molecule has 2 aliphatic rings. The summed E-state index contributed by atoms with van der Waals surface area (Å²) in [6.07, 6.45) is 12.2. The van der Waals surface area contributed by atoms with Crippen LogP contribution in [0.4, 0.5) is 0 Å². The number of hydrogen-bond acceptors (Lipinski definition) is 5. The molecule has 2 rings (SSSR count). The van der Waals surface area contributed by atoms with Gasteiger partial charge in [-0.2, -0.15) is 11.8 Å². The lowest BCUT2D eigenvalue weighted by Crippen LogP contribution is -2.59. The van der Waals surface area contributed by atoms with E-state index in [0.29, 0.717) is 13.0 Å². The quantitative estimate of drug-likeness (QED) is 0.568. The summed E-state index contributed by atoms with van der Waals surface area (Å²) in [7, 11) is -3.40. The number of carbonyl (C=O) groups excluding carboxylic acids is 1. The van der Waals surface area contributed by atoms with Crippen molar-refractivity contribution in [3.63, 3.8) is 0 Å². The molecule has 1 saturated heterocycles. The average Bonchev–Trinajstić information content (AvgIpc) is 2.70. The molecule has 8 heteroatoms. The van der Waals surface area contributed by atoms with Gasteiger partial charge in [-0.1, -0.05) is 25.7 Å². The first-order chi connectivity index (χ1) is 12.9.